The van der Waals surface area contributed by atoms with Crippen molar-refractivity contribution in [2.75, 3.05) is 20.3 Å². The number of unbranched alkanes of at least 4 members (excludes halogenated alkanes) is 1. The summed E-state index contributed by atoms with van der Waals surface area (Å²) in [7, 11) is 1.34. The van der Waals surface area contributed by atoms with Gasteiger partial charge in [-0.3, -0.25) is 0 Å². The lowest BCUT2D eigenvalue weighted by Gasteiger charge is -2.15. The highest BCUT2D eigenvalue weighted by atomic mass is 35.5. The van der Waals surface area contributed by atoms with E-state index >= 15 is 0 Å². The fourth-order valence-electron chi connectivity index (χ4n) is 3.80. The van der Waals surface area contributed by atoms with E-state index in [1.807, 2.05) is 6.92 Å². The normalized spacial score (nSPS) is 11.5. The number of ether oxygens (including phenoxy) is 4. The van der Waals surface area contributed by atoms with Crippen molar-refractivity contribution in [1.29, 1.82) is 0 Å². The topological polar surface area (TPSA) is 129 Å². The lowest BCUT2D eigenvalue weighted by Crippen LogP contribution is -2.23. The molecule has 9 nitrogen and oxygen atoms in total. The van der Waals surface area contributed by atoms with Crippen LogP contribution in [-0.2, 0) is 14.3 Å². The summed E-state index contributed by atoms with van der Waals surface area (Å²) in [5, 5.41) is 19.3. The van der Waals surface area contributed by atoms with Crippen molar-refractivity contribution in [3.05, 3.63) is 84.8 Å². The molecule has 0 fully saturated rings. The summed E-state index contributed by atoms with van der Waals surface area (Å²) < 4.78 is 20.6. The largest absolute Gasteiger partial charge is 0.494 e. The molecule has 2 atom stereocenters. The van der Waals surface area contributed by atoms with E-state index in [0.717, 1.165) is 31.2 Å². The number of aromatic carboxylic acids is 1. The number of carbonyl (C=O) groups excluding carboxylic acids is 1. The van der Waals surface area contributed by atoms with E-state index in [9.17, 15) is 14.4 Å². The molecule has 0 bridgehead atoms. The highest BCUT2D eigenvalue weighted by molar-refractivity contribution is 6.37. The molecule has 0 radical (unpaired) electrons. The molecule has 48 heavy (non-hydrogen) atoms. The van der Waals surface area contributed by atoms with Crippen LogP contribution in [0.5, 0.6) is 17.2 Å². The molecule has 0 spiro atoms. The van der Waals surface area contributed by atoms with Gasteiger partial charge in [0.1, 0.15) is 17.1 Å². The fraction of sp³-hybridized carbons (Fsp3) is 0.382. The second-order valence-corrected chi connectivity index (χ2v) is 12.3. The Labute approximate surface area is 305 Å². The Bertz CT molecular complexity index is 1500. The average molecular weight is 769 g/mol. The third kappa shape index (κ3) is 15.4. The maximum atomic E-state index is 11.7. The van der Waals surface area contributed by atoms with Crippen molar-refractivity contribution in [2.24, 2.45) is 5.92 Å². The molecule has 0 aliphatic heterocycles. The number of esters is 1. The highest BCUT2D eigenvalue weighted by Gasteiger charge is 2.18. The number of halogens is 5. The minimum absolute atomic E-state index is 0.0849. The number of hydrogen-bond donors (Lipinski definition) is 2. The number of hydrogen-bond acceptors (Lipinski definition) is 7. The van der Waals surface area contributed by atoms with Gasteiger partial charge in [0.25, 0.3) is 0 Å². The van der Waals surface area contributed by atoms with Crippen molar-refractivity contribution in [3.63, 3.8) is 0 Å². The van der Waals surface area contributed by atoms with Gasteiger partial charge in [0.15, 0.2) is 18.5 Å². The SMILES string of the molecule is CCCCC(CC)COC(=O)COc1ccc(Cl)cc1Cl.COc1c(Cl)ccc(Cl)c1C(=O)O.Cc1cc(Cl)ccc1OC(C)C(=O)O. The van der Waals surface area contributed by atoms with Crippen LogP contribution in [0.15, 0.2) is 48.5 Å². The Morgan fingerprint density at radius 1 is 0.833 bits per heavy atom. The number of aliphatic carboxylic acids is 1. The van der Waals surface area contributed by atoms with Gasteiger partial charge in [0, 0.05) is 10.0 Å². The van der Waals surface area contributed by atoms with Gasteiger partial charge in [-0.2, -0.15) is 0 Å². The smallest absolute Gasteiger partial charge is 0.344 e. The Kier molecular flexibility index (Phi) is 20.2. The molecule has 3 rings (SSSR count). The molecular formula is C34H39Cl5O9. The zero-order valence-corrected chi connectivity index (χ0v) is 30.9. The summed E-state index contributed by atoms with van der Waals surface area (Å²) in [5.74, 6) is -1.05. The van der Waals surface area contributed by atoms with Crippen LogP contribution in [0.1, 0.15) is 62.4 Å². The second kappa shape index (κ2) is 22.5. The number of carbonyl (C=O) groups is 3. The molecule has 0 aromatic heterocycles. The predicted molar refractivity (Wildman–Crippen MR) is 190 cm³/mol. The number of aryl methyl sites for hydroxylation is 1. The number of carboxylic acid groups (broad SMARTS) is 2. The van der Waals surface area contributed by atoms with Gasteiger partial charge < -0.3 is 29.2 Å². The number of methoxy groups -OCH3 is 1. The third-order valence-corrected chi connectivity index (χ3v) is 7.91. The van der Waals surface area contributed by atoms with E-state index in [1.165, 1.54) is 26.2 Å². The van der Waals surface area contributed by atoms with Crippen molar-refractivity contribution in [2.45, 2.75) is 59.5 Å². The van der Waals surface area contributed by atoms with Crippen LogP contribution in [0.25, 0.3) is 0 Å². The minimum Gasteiger partial charge on any atom is -0.494 e. The van der Waals surface area contributed by atoms with E-state index < -0.39 is 18.0 Å². The van der Waals surface area contributed by atoms with E-state index in [1.54, 1.807) is 36.4 Å². The molecule has 0 saturated heterocycles. The average Bonchev–Trinajstić information content (AvgIpc) is 3.03. The molecule has 3 aromatic carbocycles. The minimum atomic E-state index is -1.16. The van der Waals surface area contributed by atoms with Gasteiger partial charge in [-0.05, 0) is 80.3 Å². The van der Waals surface area contributed by atoms with Gasteiger partial charge in [-0.15, -0.1) is 0 Å². The molecule has 264 valence electrons. The first-order chi connectivity index (χ1) is 22.6. The van der Waals surface area contributed by atoms with Crippen LogP contribution in [0.2, 0.25) is 25.1 Å². The van der Waals surface area contributed by atoms with E-state index in [2.05, 4.69) is 13.8 Å². The highest BCUT2D eigenvalue weighted by Crippen LogP contribution is 2.33. The number of rotatable bonds is 14. The summed E-state index contributed by atoms with van der Waals surface area (Å²) in [6.07, 6.45) is 3.56. The molecule has 0 heterocycles. The molecule has 0 aliphatic rings. The van der Waals surface area contributed by atoms with Crippen LogP contribution >= 0.6 is 58.0 Å². The van der Waals surface area contributed by atoms with Crippen LogP contribution in [0, 0.1) is 12.8 Å². The monoisotopic (exact) mass is 766 g/mol. The van der Waals surface area contributed by atoms with Gasteiger partial charge in [-0.25, -0.2) is 14.4 Å². The summed E-state index contributed by atoms with van der Waals surface area (Å²) in [4.78, 5) is 32.9. The first-order valence-corrected chi connectivity index (χ1v) is 16.7. The first kappa shape index (κ1) is 42.9. The van der Waals surface area contributed by atoms with Crippen LogP contribution in [0.3, 0.4) is 0 Å². The molecular weight excluding hydrogens is 730 g/mol. The Balaban J connectivity index is 0.000000375. The van der Waals surface area contributed by atoms with Crippen molar-refractivity contribution >= 4 is 75.9 Å². The zero-order valence-electron chi connectivity index (χ0n) is 27.2. The lowest BCUT2D eigenvalue weighted by molar-refractivity contribution is -0.147. The van der Waals surface area contributed by atoms with E-state index in [4.69, 9.17) is 87.2 Å². The lowest BCUT2D eigenvalue weighted by atomic mass is 10.0. The molecule has 14 heteroatoms. The number of carboxylic acids is 2. The second-order valence-electron chi connectivity index (χ2n) is 10.2. The zero-order chi connectivity index (χ0) is 36.4. The molecule has 0 aliphatic carbocycles. The summed E-state index contributed by atoms with van der Waals surface area (Å²) in [6.45, 7) is 7.87. The van der Waals surface area contributed by atoms with Gasteiger partial charge in [0.05, 0.1) is 28.8 Å². The maximum Gasteiger partial charge on any atom is 0.344 e. The Morgan fingerprint density at radius 2 is 1.44 bits per heavy atom. The molecule has 3 aromatic rings. The van der Waals surface area contributed by atoms with Crippen LogP contribution < -0.4 is 14.2 Å². The van der Waals surface area contributed by atoms with Gasteiger partial charge >= 0.3 is 17.9 Å². The predicted octanol–water partition coefficient (Wildman–Crippen LogP) is 10.3. The van der Waals surface area contributed by atoms with Gasteiger partial charge in [0.2, 0.25) is 0 Å². The molecule has 2 unspecified atom stereocenters. The first-order valence-electron chi connectivity index (χ1n) is 14.8. The van der Waals surface area contributed by atoms with Crippen molar-refractivity contribution in [1.82, 2.24) is 0 Å². The van der Waals surface area contributed by atoms with Crippen LogP contribution in [-0.4, -0.2) is 54.5 Å². The molecule has 0 amide bonds. The summed E-state index contributed by atoms with van der Waals surface area (Å²) >= 11 is 28.8. The molecule has 0 saturated carbocycles. The summed E-state index contributed by atoms with van der Waals surface area (Å²) in [5.41, 5.74) is 0.710. The Morgan fingerprint density at radius 3 is 1.94 bits per heavy atom. The van der Waals surface area contributed by atoms with Crippen molar-refractivity contribution < 1.29 is 43.5 Å². The fourth-order valence-corrected chi connectivity index (χ4v) is 4.95. The van der Waals surface area contributed by atoms with Crippen molar-refractivity contribution in [3.8, 4) is 17.2 Å². The van der Waals surface area contributed by atoms with E-state index in [-0.39, 0.29) is 33.9 Å². The number of benzene rings is 3. The quantitative estimate of drug-likeness (QED) is 0.154. The van der Waals surface area contributed by atoms with E-state index in [0.29, 0.717) is 39.1 Å². The van der Waals surface area contributed by atoms with Crippen LogP contribution in [0.4, 0.5) is 0 Å². The summed E-state index contributed by atoms with van der Waals surface area (Å²) in [6, 6.07) is 12.8. The standard InChI is InChI=1S/C16H22Cl2O3.C10H11ClO3.C8H6Cl2O3/c1-3-5-6-12(4-2)10-21-16(19)11-20-15-8-7-13(17)9-14(15)18;1-6-5-8(11)3-4-9(6)14-7(2)10(12)13;1-13-7-5(10)3-2-4(9)6(7)8(11)12/h7-9,12H,3-6,10-11H2,1-2H3;3-5,7H,1-2H3,(H,12,13);2-3H,1H3,(H,11,12). The maximum absolute atomic E-state index is 11.7. The molecule has 2 N–H and O–H groups in total. The Hall–Kier alpha value is -3.08. The third-order valence-electron chi connectivity index (χ3n) is 6.53. The van der Waals surface area contributed by atoms with Gasteiger partial charge in [-0.1, -0.05) is 91.1 Å².